The van der Waals surface area contributed by atoms with Crippen molar-refractivity contribution in [1.82, 2.24) is 14.9 Å². The molecule has 25 heavy (non-hydrogen) atoms. The van der Waals surface area contributed by atoms with Crippen molar-refractivity contribution in [3.63, 3.8) is 0 Å². The first kappa shape index (κ1) is 13.6. The van der Waals surface area contributed by atoms with E-state index in [1.807, 2.05) is 12.3 Å². The number of hydrogen-bond donors (Lipinski definition) is 1. The minimum Gasteiger partial charge on any atom is -0.313 e. The molecule has 2 aliphatic rings. The van der Waals surface area contributed by atoms with Crippen molar-refractivity contribution in [2.24, 2.45) is 0 Å². The molecule has 4 heterocycles. The quantitative estimate of drug-likeness (QED) is 0.557. The van der Waals surface area contributed by atoms with Gasteiger partial charge in [0.1, 0.15) is 0 Å². The summed E-state index contributed by atoms with van der Waals surface area (Å²) < 4.78 is 2.49. The highest BCUT2D eigenvalue weighted by atomic mass is 15.1. The molecule has 122 valence electrons. The van der Waals surface area contributed by atoms with Crippen molar-refractivity contribution in [2.75, 3.05) is 0 Å². The highest BCUT2D eigenvalue weighted by Crippen LogP contribution is 2.43. The zero-order valence-corrected chi connectivity index (χ0v) is 13.9. The number of benzene rings is 2. The molecule has 1 fully saturated rings. The van der Waals surface area contributed by atoms with Crippen LogP contribution >= 0.6 is 0 Å². The fourth-order valence-electron chi connectivity index (χ4n) is 4.85. The van der Waals surface area contributed by atoms with Crippen molar-refractivity contribution >= 4 is 21.8 Å². The lowest BCUT2D eigenvalue weighted by Crippen LogP contribution is -2.32. The van der Waals surface area contributed by atoms with E-state index in [1.165, 1.54) is 46.1 Å². The third kappa shape index (κ3) is 1.87. The molecule has 0 amide bonds. The van der Waals surface area contributed by atoms with Gasteiger partial charge < -0.3 is 9.88 Å². The molecule has 0 radical (unpaired) electrons. The van der Waals surface area contributed by atoms with Gasteiger partial charge in [0.15, 0.2) is 0 Å². The Labute approximate surface area is 146 Å². The van der Waals surface area contributed by atoms with Crippen molar-refractivity contribution in [3.8, 4) is 5.69 Å². The van der Waals surface area contributed by atoms with Crippen LogP contribution in [0.5, 0.6) is 0 Å². The van der Waals surface area contributed by atoms with Crippen LogP contribution in [0.4, 0.5) is 0 Å². The van der Waals surface area contributed by atoms with E-state index in [4.69, 9.17) is 0 Å². The largest absolute Gasteiger partial charge is 0.313 e. The van der Waals surface area contributed by atoms with Gasteiger partial charge >= 0.3 is 0 Å². The van der Waals surface area contributed by atoms with E-state index in [2.05, 4.69) is 63.4 Å². The zero-order chi connectivity index (χ0) is 16.4. The van der Waals surface area contributed by atoms with E-state index < -0.39 is 0 Å². The molecule has 0 aliphatic carbocycles. The number of nitrogens with one attached hydrogen (secondary N) is 1. The molecular formula is C22H19N3. The third-order valence-corrected chi connectivity index (χ3v) is 5.89. The average Bonchev–Trinajstić information content (AvgIpc) is 3.20. The minimum atomic E-state index is 0.516. The fourth-order valence-corrected chi connectivity index (χ4v) is 4.85. The lowest BCUT2D eigenvalue weighted by molar-refractivity contribution is 0.508. The highest BCUT2D eigenvalue weighted by Gasteiger charge is 2.36. The molecular weight excluding hydrogens is 306 g/mol. The van der Waals surface area contributed by atoms with E-state index in [0.717, 1.165) is 11.9 Å². The number of aromatic nitrogens is 2. The summed E-state index contributed by atoms with van der Waals surface area (Å²) >= 11 is 0. The molecule has 3 nitrogen and oxygen atoms in total. The summed E-state index contributed by atoms with van der Waals surface area (Å²) in [6.45, 7) is 0. The molecule has 0 spiro atoms. The lowest BCUT2D eigenvalue weighted by atomic mass is 9.99. The van der Waals surface area contributed by atoms with Crippen LogP contribution in [0.15, 0.2) is 60.8 Å². The molecule has 0 saturated carbocycles. The molecule has 1 saturated heterocycles. The Balaban J connectivity index is 1.68. The first-order valence-electron chi connectivity index (χ1n) is 9.12. The van der Waals surface area contributed by atoms with Gasteiger partial charge in [-0.15, -0.1) is 0 Å². The normalized spacial score (nSPS) is 21.8. The highest BCUT2D eigenvalue weighted by molar-refractivity contribution is 5.89. The van der Waals surface area contributed by atoms with Crippen LogP contribution in [0.3, 0.4) is 0 Å². The molecule has 0 unspecified atom stereocenters. The molecule has 2 bridgehead atoms. The third-order valence-electron chi connectivity index (χ3n) is 5.89. The van der Waals surface area contributed by atoms with Crippen LogP contribution in [0.2, 0.25) is 0 Å². The van der Waals surface area contributed by atoms with Crippen LogP contribution in [0.1, 0.15) is 30.1 Å². The monoisotopic (exact) mass is 325 g/mol. The smallest absolute Gasteiger partial charge is 0.0703 e. The van der Waals surface area contributed by atoms with Gasteiger partial charge in [-0.05, 0) is 48.7 Å². The summed E-state index contributed by atoms with van der Waals surface area (Å²) in [7, 11) is 0. The minimum absolute atomic E-state index is 0.516. The van der Waals surface area contributed by atoms with E-state index >= 15 is 0 Å². The van der Waals surface area contributed by atoms with Crippen molar-refractivity contribution < 1.29 is 0 Å². The number of nitrogens with zero attached hydrogens (tertiary/aromatic N) is 2. The lowest BCUT2D eigenvalue weighted by Gasteiger charge is -2.24. The molecule has 2 aromatic heterocycles. The molecule has 2 aliphatic heterocycles. The summed E-state index contributed by atoms with van der Waals surface area (Å²) in [5, 5.41) is 6.41. The first-order chi connectivity index (χ1) is 12.4. The average molecular weight is 325 g/mol. The molecule has 1 N–H and O–H groups in total. The Hall–Kier alpha value is -2.65. The zero-order valence-electron chi connectivity index (χ0n) is 13.9. The van der Waals surface area contributed by atoms with Crippen LogP contribution in [0.25, 0.3) is 27.5 Å². The number of rotatable bonds is 1. The summed E-state index contributed by atoms with van der Waals surface area (Å²) in [5.74, 6) is 0. The maximum atomic E-state index is 4.47. The van der Waals surface area contributed by atoms with E-state index in [1.54, 1.807) is 0 Å². The second-order valence-corrected chi connectivity index (χ2v) is 7.29. The number of hydrogen-bond acceptors (Lipinski definition) is 2. The van der Waals surface area contributed by atoms with Gasteiger partial charge in [0, 0.05) is 46.9 Å². The Morgan fingerprint density at radius 2 is 1.96 bits per heavy atom. The molecule has 2 aromatic carbocycles. The Bertz CT molecular complexity index is 1120. The van der Waals surface area contributed by atoms with Gasteiger partial charge in [-0.1, -0.05) is 24.3 Å². The second-order valence-electron chi connectivity index (χ2n) is 7.29. The molecule has 3 heteroatoms. The van der Waals surface area contributed by atoms with Gasteiger partial charge in [0.05, 0.1) is 11.0 Å². The maximum absolute atomic E-state index is 4.47. The van der Waals surface area contributed by atoms with Crippen LogP contribution in [-0.2, 0) is 6.42 Å². The number of para-hydroxylation sites is 1. The molecule has 4 aromatic rings. The van der Waals surface area contributed by atoms with Gasteiger partial charge in [-0.25, -0.2) is 0 Å². The fraction of sp³-hybridized carbons (Fsp3) is 0.227. The summed E-state index contributed by atoms with van der Waals surface area (Å²) in [5.41, 5.74) is 6.65. The van der Waals surface area contributed by atoms with Crippen molar-refractivity contribution in [1.29, 1.82) is 0 Å². The number of fused-ring (bicyclic) bond motifs is 7. The number of pyridine rings is 1. The Morgan fingerprint density at radius 1 is 1.00 bits per heavy atom. The van der Waals surface area contributed by atoms with E-state index in [9.17, 15) is 0 Å². The molecule has 6 rings (SSSR count). The summed E-state index contributed by atoms with van der Waals surface area (Å²) in [6, 6.07) is 20.8. The Kier molecular flexibility index (Phi) is 2.69. The van der Waals surface area contributed by atoms with Crippen LogP contribution < -0.4 is 5.32 Å². The van der Waals surface area contributed by atoms with Crippen molar-refractivity contribution in [3.05, 3.63) is 72.1 Å². The predicted molar refractivity (Wildman–Crippen MR) is 101 cm³/mol. The van der Waals surface area contributed by atoms with Crippen molar-refractivity contribution in [2.45, 2.75) is 31.3 Å². The van der Waals surface area contributed by atoms with E-state index in [0.29, 0.717) is 12.1 Å². The molecule has 2 atom stereocenters. The second kappa shape index (κ2) is 4.93. The van der Waals surface area contributed by atoms with Gasteiger partial charge in [-0.2, -0.15) is 0 Å². The van der Waals surface area contributed by atoms with E-state index in [-0.39, 0.29) is 0 Å². The summed E-state index contributed by atoms with van der Waals surface area (Å²) in [6.07, 6.45) is 5.52. The SMILES string of the molecule is c1cnc2ccc(-n3c4c(c5ccccc53)[C@H]3CC[C@@H](C4)N3)cc2c1. The standard InChI is InChI=1S/C22H19N3/c1-2-6-20-17(5-1)22-19-9-7-15(24-19)13-21(22)25(20)16-8-10-18-14(12-16)4-3-11-23-18/h1-6,8,10-12,15,19,24H,7,9,13H2/t15-,19+/m0/s1. The van der Waals surface area contributed by atoms with Crippen LogP contribution in [-0.4, -0.2) is 15.6 Å². The summed E-state index contributed by atoms with van der Waals surface area (Å²) in [4.78, 5) is 4.47. The van der Waals surface area contributed by atoms with Gasteiger partial charge in [-0.3, -0.25) is 4.98 Å². The van der Waals surface area contributed by atoms with Gasteiger partial charge in [0.25, 0.3) is 0 Å². The predicted octanol–water partition coefficient (Wildman–Crippen LogP) is 4.53. The maximum Gasteiger partial charge on any atom is 0.0703 e. The van der Waals surface area contributed by atoms with Crippen LogP contribution in [0, 0.1) is 0 Å². The first-order valence-corrected chi connectivity index (χ1v) is 9.12. The topological polar surface area (TPSA) is 29.9 Å². The Morgan fingerprint density at radius 3 is 2.96 bits per heavy atom. The van der Waals surface area contributed by atoms with Gasteiger partial charge in [0.2, 0.25) is 0 Å².